The number of phenolic OH excluding ortho intramolecular Hbond substituents is 1. The highest BCUT2D eigenvalue weighted by atomic mass is 35.5. The van der Waals surface area contributed by atoms with E-state index in [0.717, 1.165) is 12.1 Å². The van der Waals surface area contributed by atoms with Crippen LogP contribution in [0.2, 0.25) is 0 Å². The van der Waals surface area contributed by atoms with Crippen LogP contribution in [0.15, 0.2) is 24.3 Å². The van der Waals surface area contributed by atoms with Gasteiger partial charge in [0.05, 0.1) is 5.60 Å². The molecule has 0 aliphatic heterocycles. The number of hydrogen-bond acceptors (Lipinski definition) is 3. The van der Waals surface area contributed by atoms with Crippen LogP contribution in [0.4, 0.5) is 0 Å². The lowest BCUT2D eigenvalue weighted by atomic mass is 9.80. The number of rotatable bonds is 5. The van der Waals surface area contributed by atoms with Gasteiger partial charge >= 0.3 is 0 Å². The highest BCUT2D eigenvalue weighted by Gasteiger charge is 2.34. The van der Waals surface area contributed by atoms with Crippen molar-refractivity contribution < 1.29 is 10.2 Å². The lowest BCUT2D eigenvalue weighted by Gasteiger charge is -2.35. The molecule has 0 heterocycles. The molecule has 0 radical (unpaired) electrons. The maximum atomic E-state index is 10.8. The van der Waals surface area contributed by atoms with Gasteiger partial charge in [0, 0.05) is 12.5 Å². The van der Waals surface area contributed by atoms with Crippen LogP contribution in [0.1, 0.15) is 25.8 Å². The Bertz CT molecular complexity index is 371. The number of nitrogens with zero attached hydrogens (tertiary/aromatic N) is 1. The average molecular weight is 274 g/mol. The van der Waals surface area contributed by atoms with Gasteiger partial charge in [0.2, 0.25) is 0 Å². The molecule has 0 amide bonds. The standard InChI is InChI=1S/C14H23NO2.ClH/c1-5-14(17,11(2)10-15(3)4)12-7-6-8-13(16)9-12;/h6-9,11,16-17H,5,10H2,1-4H3;1H/t11-,14-;/m1./s1. The Labute approximate surface area is 116 Å². The smallest absolute Gasteiger partial charge is 0.115 e. The van der Waals surface area contributed by atoms with E-state index >= 15 is 0 Å². The van der Waals surface area contributed by atoms with Gasteiger partial charge in [-0.05, 0) is 38.2 Å². The van der Waals surface area contributed by atoms with E-state index in [2.05, 4.69) is 4.90 Å². The van der Waals surface area contributed by atoms with Crippen molar-refractivity contribution in [1.29, 1.82) is 0 Å². The first-order valence-electron chi connectivity index (χ1n) is 6.06. The summed E-state index contributed by atoms with van der Waals surface area (Å²) in [6.45, 7) is 4.81. The summed E-state index contributed by atoms with van der Waals surface area (Å²) in [7, 11) is 3.99. The van der Waals surface area contributed by atoms with E-state index in [1.54, 1.807) is 18.2 Å². The summed E-state index contributed by atoms with van der Waals surface area (Å²) < 4.78 is 0. The molecule has 18 heavy (non-hydrogen) atoms. The van der Waals surface area contributed by atoms with Gasteiger partial charge in [0.15, 0.2) is 0 Å². The second-order valence-electron chi connectivity index (χ2n) is 4.99. The van der Waals surface area contributed by atoms with E-state index in [-0.39, 0.29) is 24.1 Å². The molecule has 2 N–H and O–H groups in total. The van der Waals surface area contributed by atoms with Crippen LogP contribution in [-0.4, -0.2) is 35.8 Å². The topological polar surface area (TPSA) is 43.7 Å². The maximum Gasteiger partial charge on any atom is 0.115 e. The third-order valence-electron chi connectivity index (χ3n) is 3.34. The molecular weight excluding hydrogens is 250 g/mol. The molecule has 0 fully saturated rings. The second kappa shape index (κ2) is 6.98. The molecule has 0 bridgehead atoms. The molecule has 0 saturated heterocycles. The van der Waals surface area contributed by atoms with Crippen molar-refractivity contribution in [3.05, 3.63) is 29.8 Å². The minimum Gasteiger partial charge on any atom is -0.508 e. The highest BCUT2D eigenvalue weighted by Crippen LogP contribution is 2.34. The second-order valence-corrected chi connectivity index (χ2v) is 4.99. The quantitative estimate of drug-likeness (QED) is 0.867. The molecule has 0 aliphatic carbocycles. The van der Waals surface area contributed by atoms with Gasteiger partial charge in [-0.2, -0.15) is 0 Å². The van der Waals surface area contributed by atoms with Crippen LogP contribution >= 0.6 is 12.4 Å². The first-order valence-corrected chi connectivity index (χ1v) is 6.06. The summed E-state index contributed by atoms with van der Waals surface area (Å²) >= 11 is 0. The first-order chi connectivity index (χ1) is 7.90. The van der Waals surface area contributed by atoms with Crippen molar-refractivity contribution in [3.8, 4) is 5.75 Å². The van der Waals surface area contributed by atoms with E-state index in [1.165, 1.54) is 0 Å². The summed E-state index contributed by atoms with van der Waals surface area (Å²) in [6, 6.07) is 6.91. The molecule has 0 spiro atoms. The van der Waals surface area contributed by atoms with E-state index in [9.17, 15) is 10.2 Å². The molecule has 1 aromatic rings. The van der Waals surface area contributed by atoms with E-state index in [0.29, 0.717) is 6.42 Å². The van der Waals surface area contributed by atoms with Gasteiger partial charge in [-0.15, -0.1) is 12.4 Å². The summed E-state index contributed by atoms with van der Waals surface area (Å²) in [5, 5.41) is 20.3. The molecule has 2 atom stereocenters. The molecule has 0 aliphatic rings. The molecular formula is C14H24ClNO2. The average Bonchev–Trinajstić information content (AvgIpc) is 2.27. The number of benzene rings is 1. The minimum absolute atomic E-state index is 0. The van der Waals surface area contributed by atoms with Gasteiger partial charge in [-0.3, -0.25) is 0 Å². The Hall–Kier alpha value is -0.770. The zero-order valence-electron chi connectivity index (χ0n) is 11.6. The van der Waals surface area contributed by atoms with Crippen LogP contribution in [0.25, 0.3) is 0 Å². The molecule has 4 heteroatoms. The fraction of sp³-hybridized carbons (Fsp3) is 0.571. The lowest BCUT2D eigenvalue weighted by Crippen LogP contribution is -2.38. The molecule has 3 nitrogen and oxygen atoms in total. The van der Waals surface area contributed by atoms with Gasteiger partial charge in [-0.1, -0.05) is 26.0 Å². The lowest BCUT2D eigenvalue weighted by molar-refractivity contribution is -0.0293. The van der Waals surface area contributed by atoms with Crippen molar-refractivity contribution in [2.24, 2.45) is 5.92 Å². The van der Waals surface area contributed by atoms with Crippen molar-refractivity contribution in [1.82, 2.24) is 4.90 Å². The molecule has 1 rings (SSSR count). The minimum atomic E-state index is -0.886. The first kappa shape index (κ1) is 17.2. The number of aliphatic hydroxyl groups is 1. The van der Waals surface area contributed by atoms with Crippen LogP contribution in [0.3, 0.4) is 0 Å². The van der Waals surface area contributed by atoms with Gasteiger partial charge < -0.3 is 15.1 Å². The predicted octanol–water partition coefficient (Wildman–Crippen LogP) is 2.61. The SMILES string of the molecule is CC[C@](O)(c1cccc(O)c1)[C@H](C)CN(C)C.Cl. The van der Waals surface area contributed by atoms with Crippen LogP contribution in [-0.2, 0) is 5.60 Å². The Kier molecular flexibility index (Phi) is 6.68. The van der Waals surface area contributed by atoms with Gasteiger partial charge in [0.1, 0.15) is 5.75 Å². The summed E-state index contributed by atoms with van der Waals surface area (Å²) in [6.07, 6.45) is 0.630. The zero-order chi connectivity index (χ0) is 13.1. The Balaban J connectivity index is 0.00000289. The Morgan fingerprint density at radius 2 is 1.94 bits per heavy atom. The van der Waals surface area contributed by atoms with Crippen LogP contribution in [0, 0.1) is 5.92 Å². The third kappa shape index (κ3) is 3.87. The Morgan fingerprint density at radius 1 is 1.33 bits per heavy atom. The molecule has 0 aromatic heterocycles. The number of phenols is 1. The van der Waals surface area contributed by atoms with Crippen molar-refractivity contribution in [2.75, 3.05) is 20.6 Å². The maximum absolute atomic E-state index is 10.8. The predicted molar refractivity (Wildman–Crippen MR) is 77.3 cm³/mol. The molecule has 0 unspecified atom stereocenters. The highest BCUT2D eigenvalue weighted by molar-refractivity contribution is 5.85. The van der Waals surface area contributed by atoms with Crippen molar-refractivity contribution >= 4 is 12.4 Å². The monoisotopic (exact) mass is 273 g/mol. The van der Waals surface area contributed by atoms with E-state index in [4.69, 9.17) is 0 Å². The number of hydrogen-bond donors (Lipinski definition) is 2. The van der Waals surface area contributed by atoms with Crippen molar-refractivity contribution in [2.45, 2.75) is 25.9 Å². The molecule has 104 valence electrons. The van der Waals surface area contributed by atoms with Gasteiger partial charge in [-0.25, -0.2) is 0 Å². The largest absolute Gasteiger partial charge is 0.508 e. The summed E-state index contributed by atoms with van der Waals surface area (Å²) in [5.74, 6) is 0.302. The van der Waals surface area contributed by atoms with Crippen molar-refractivity contribution in [3.63, 3.8) is 0 Å². The molecule has 0 saturated carbocycles. The normalized spacial score (nSPS) is 15.9. The summed E-state index contributed by atoms with van der Waals surface area (Å²) in [5.41, 5.74) is -0.0995. The third-order valence-corrected chi connectivity index (χ3v) is 3.34. The van der Waals surface area contributed by atoms with E-state index < -0.39 is 5.60 Å². The number of aromatic hydroxyl groups is 1. The van der Waals surface area contributed by atoms with Crippen LogP contribution < -0.4 is 0 Å². The number of halogens is 1. The van der Waals surface area contributed by atoms with E-state index in [1.807, 2.05) is 34.0 Å². The van der Waals surface area contributed by atoms with Gasteiger partial charge in [0.25, 0.3) is 0 Å². The van der Waals surface area contributed by atoms with Crippen LogP contribution in [0.5, 0.6) is 5.75 Å². The summed E-state index contributed by atoms with van der Waals surface area (Å²) in [4.78, 5) is 2.06. The molecule has 1 aromatic carbocycles. The fourth-order valence-electron chi connectivity index (χ4n) is 2.31. The fourth-order valence-corrected chi connectivity index (χ4v) is 2.31. The zero-order valence-corrected chi connectivity index (χ0v) is 12.4. The Morgan fingerprint density at radius 3 is 2.39 bits per heavy atom.